The molecular weight excluding hydrogens is 357 g/mol. The van der Waals surface area contributed by atoms with Gasteiger partial charge >= 0.3 is 0 Å². The van der Waals surface area contributed by atoms with Gasteiger partial charge in [-0.3, -0.25) is 4.99 Å². The van der Waals surface area contributed by atoms with Crippen LogP contribution in [0.3, 0.4) is 0 Å². The molecule has 1 heterocycles. The van der Waals surface area contributed by atoms with Crippen LogP contribution in [-0.4, -0.2) is 25.6 Å². The van der Waals surface area contributed by atoms with Crippen LogP contribution in [0.25, 0.3) is 0 Å². The van der Waals surface area contributed by atoms with Crippen LogP contribution in [-0.2, 0) is 0 Å². The van der Waals surface area contributed by atoms with Crippen LogP contribution >= 0.6 is 35.3 Å². The Morgan fingerprint density at radius 1 is 1.61 bits per heavy atom. The summed E-state index contributed by atoms with van der Waals surface area (Å²) in [5, 5.41) is 11.2. The minimum Gasteiger partial charge on any atom is -0.356 e. The zero-order valence-electron chi connectivity index (χ0n) is 11.1. The van der Waals surface area contributed by atoms with E-state index in [4.69, 9.17) is 0 Å². The molecule has 0 spiro atoms. The van der Waals surface area contributed by atoms with Gasteiger partial charge in [-0.25, -0.2) is 0 Å². The zero-order valence-corrected chi connectivity index (χ0v) is 14.3. The highest BCUT2D eigenvalue weighted by Crippen LogP contribution is 2.28. The van der Waals surface area contributed by atoms with Gasteiger partial charge in [0, 0.05) is 19.6 Å². The number of thiophene rings is 1. The van der Waals surface area contributed by atoms with Gasteiger partial charge in [0.25, 0.3) is 0 Å². The standard InChI is InChI=1S/C13H21N3S.HI/c1-9-6-12(9)16-13(14-3)15-7-10(2)11-4-5-17-8-11;/h4-5,8-10,12H,6-7H2,1-3H3,(H2,14,15,16);1H. The molecule has 0 radical (unpaired) electrons. The first-order valence-electron chi connectivity index (χ1n) is 6.20. The van der Waals surface area contributed by atoms with Crippen molar-refractivity contribution < 1.29 is 0 Å². The van der Waals surface area contributed by atoms with Crippen LogP contribution in [0.5, 0.6) is 0 Å². The fourth-order valence-electron chi connectivity index (χ4n) is 1.82. The molecule has 0 aliphatic heterocycles. The molecule has 0 amide bonds. The van der Waals surface area contributed by atoms with E-state index < -0.39 is 0 Å². The van der Waals surface area contributed by atoms with Crippen LogP contribution in [0.2, 0.25) is 0 Å². The summed E-state index contributed by atoms with van der Waals surface area (Å²) in [6.45, 7) is 5.43. The maximum Gasteiger partial charge on any atom is 0.191 e. The van der Waals surface area contributed by atoms with E-state index in [1.165, 1.54) is 12.0 Å². The summed E-state index contributed by atoms with van der Waals surface area (Å²) in [5.74, 6) is 2.25. The summed E-state index contributed by atoms with van der Waals surface area (Å²) in [4.78, 5) is 4.25. The smallest absolute Gasteiger partial charge is 0.191 e. The highest BCUT2D eigenvalue weighted by atomic mass is 127. The van der Waals surface area contributed by atoms with Gasteiger partial charge in [-0.05, 0) is 40.6 Å². The first-order valence-corrected chi connectivity index (χ1v) is 7.14. The molecule has 3 atom stereocenters. The van der Waals surface area contributed by atoms with Crippen molar-refractivity contribution >= 4 is 41.3 Å². The van der Waals surface area contributed by atoms with E-state index in [-0.39, 0.29) is 24.0 Å². The topological polar surface area (TPSA) is 36.4 Å². The van der Waals surface area contributed by atoms with E-state index in [1.807, 2.05) is 7.05 Å². The minimum atomic E-state index is 0. The lowest BCUT2D eigenvalue weighted by Crippen LogP contribution is -2.40. The van der Waals surface area contributed by atoms with Crippen molar-refractivity contribution in [3.63, 3.8) is 0 Å². The molecule has 1 aromatic heterocycles. The number of rotatable bonds is 4. The Balaban J connectivity index is 0.00000162. The lowest BCUT2D eigenvalue weighted by molar-refractivity contribution is 0.693. The lowest BCUT2D eigenvalue weighted by atomic mass is 10.1. The van der Waals surface area contributed by atoms with Gasteiger partial charge in [-0.1, -0.05) is 13.8 Å². The largest absolute Gasteiger partial charge is 0.356 e. The molecule has 0 bridgehead atoms. The molecule has 0 aromatic carbocycles. The van der Waals surface area contributed by atoms with Crippen LogP contribution in [0.15, 0.2) is 21.8 Å². The number of nitrogens with zero attached hydrogens (tertiary/aromatic N) is 1. The third kappa shape index (κ3) is 4.42. The van der Waals surface area contributed by atoms with Gasteiger partial charge in [-0.2, -0.15) is 11.3 Å². The lowest BCUT2D eigenvalue weighted by Gasteiger charge is -2.15. The van der Waals surface area contributed by atoms with Crippen LogP contribution in [0, 0.1) is 5.92 Å². The predicted molar refractivity (Wildman–Crippen MR) is 90.2 cm³/mol. The third-order valence-electron chi connectivity index (χ3n) is 3.34. The molecule has 3 nitrogen and oxygen atoms in total. The first kappa shape index (κ1) is 15.8. The summed E-state index contributed by atoms with van der Waals surface area (Å²) < 4.78 is 0. The van der Waals surface area contributed by atoms with E-state index in [0.29, 0.717) is 12.0 Å². The first-order chi connectivity index (χ1) is 8.20. The molecule has 2 rings (SSSR count). The molecule has 1 aromatic rings. The van der Waals surface area contributed by atoms with Gasteiger partial charge in [-0.15, -0.1) is 24.0 Å². The van der Waals surface area contributed by atoms with Crippen molar-refractivity contribution in [1.29, 1.82) is 0 Å². The van der Waals surface area contributed by atoms with E-state index in [2.05, 4.69) is 46.3 Å². The zero-order chi connectivity index (χ0) is 12.3. The molecule has 1 fully saturated rings. The molecule has 18 heavy (non-hydrogen) atoms. The van der Waals surface area contributed by atoms with E-state index in [0.717, 1.165) is 18.4 Å². The minimum absolute atomic E-state index is 0. The Kier molecular flexibility index (Phi) is 6.42. The maximum atomic E-state index is 4.25. The van der Waals surface area contributed by atoms with Crippen molar-refractivity contribution in [2.24, 2.45) is 10.9 Å². The van der Waals surface area contributed by atoms with Crippen LogP contribution in [0.1, 0.15) is 31.7 Å². The number of hydrogen-bond acceptors (Lipinski definition) is 2. The average molecular weight is 379 g/mol. The fourth-order valence-corrected chi connectivity index (χ4v) is 2.60. The molecule has 5 heteroatoms. The normalized spacial score (nSPS) is 24.1. The molecule has 3 unspecified atom stereocenters. The number of nitrogens with one attached hydrogen (secondary N) is 2. The molecule has 1 aliphatic rings. The second-order valence-electron chi connectivity index (χ2n) is 4.87. The Labute approximate surface area is 130 Å². The van der Waals surface area contributed by atoms with Gasteiger partial charge in [0.2, 0.25) is 0 Å². The van der Waals surface area contributed by atoms with E-state index in [9.17, 15) is 0 Å². The van der Waals surface area contributed by atoms with Gasteiger partial charge in [0.15, 0.2) is 5.96 Å². The third-order valence-corrected chi connectivity index (χ3v) is 4.04. The highest BCUT2D eigenvalue weighted by Gasteiger charge is 2.33. The highest BCUT2D eigenvalue weighted by molar-refractivity contribution is 14.0. The summed E-state index contributed by atoms with van der Waals surface area (Å²) in [6.07, 6.45) is 1.26. The predicted octanol–water partition coefficient (Wildman–Crippen LogP) is 3.04. The maximum absolute atomic E-state index is 4.25. The van der Waals surface area contributed by atoms with Crippen molar-refractivity contribution in [3.05, 3.63) is 22.4 Å². The molecule has 0 saturated heterocycles. The Bertz CT molecular complexity index is 378. The number of guanidine groups is 1. The Morgan fingerprint density at radius 2 is 2.33 bits per heavy atom. The van der Waals surface area contributed by atoms with Crippen molar-refractivity contribution in [1.82, 2.24) is 10.6 Å². The molecule has 1 aliphatic carbocycles. The van der Waals surface area contributed by atoms with E-state index >= 15 is 0 Å². The summed E-state index contributed by atoms with van der Waals surface area (Å²) in [6, 6.07) is 2.81. The number of halogens is 1. The second kappa shape index (κ2) is 7.33. The second-order valence-corrected chi connectivity index (χ2v) is 5.65. The van der Waals surface area contributed by atoms with Gasteiger partial charge in [0.1, 0.15) is 0 Å². The Hall–Kier alpha value is -0.300. The monoisotopic (exact) mass is 379 g/mol. The van der Waals surface area contributed by atoms with Crippen LogP contribution < -0.4 is 10.6 Å². The molecule has 102 valence electrons. The summed E-state index contributed by atoms with van der Waals surface area (Å²) >= 11 is 1.76. The van der Waals surface area contributed by atoms with Gasteiger partial charge in [0.05, 0.1) is 0 Å². The van der Waals surface area contributed by atoms with Crippen molar-refractivity contribution in [2.45, 2.75) is 32.2 Å². The number of hydrogen-bond donors (Lipinski definition) is 2. The summed E-state index contributed by atoms with van der Waals surface area (Å²) in [7, 11) is 1.83. The summed E-state index contributed by atoms with van der Waals surface area (Å²) in [5.41, 5.74) is 1.40. The number of aliphatic imine (C=N–C) groups is 1. The fraction of sp³-hybridized carbons (Fsp3) is 0.615. The Morgan fingerprint density at radius 3 is 2.83 bits per heavy atom. The SMILES string of the molecule is CN=C(NCC(C)c1ccsc1)NC1CC1C.I. The molecular formula is C13H22IN3S. The average Bonchev–Trinajstić information content (AvgIpc) is 2.85. The van der Waals surface area contributed by atoms with Gasteiger partial charge < -0.3 is 10.6 Å². The molecule has 1 saturated carbocycles. The van der Waals surface area contributed by atoms with Crippen molar-refractivity contribution in [3.8, 4) is 0 Å². The quantitative estimate of drug-likeness (QED) is 0.479. The molecule has 2 N–H and O–H groups in total. The van der Waals surface area contributed by atoms with E-state index in [1.54, 1.807) is 11.3 Å². The van der Waals surface area contributed by atoms with Crippen molar-refractivity contribution in [2.75, 3.05) is 13.6 Å². The van der Waals surface area contributed by atoms with Crippen LogP contribution in [0.4, 0.5) is 0 Å².